The molecule has 2 aromatic rings. The number of nitrogens with zero attached hydrogens (tertiary/aromatic N) is 2. The number of carbonyl (C=O) groups is 2. The molecule has 0 unspecified atom stereocenters. The normalized spacial score (nSPS) is 11.8. The number of benzene rings is 1. The number of rotatable bonds is 11. The molecule has 1 heterocycles. The molecule has 0 aliphatic heterocycles. The molecule has 0 aliphatic rings. The maximum absolute atomic E-state index is 13.2. The van der Waals surface area contributed by atoms with E-state index in [2.05, 4.69) is 10.3 Å². The van der Waals surface area contributed by atoms with Gasteiger partial charge in [-0.1, -0.05) is 37.3 Å². The van der Waals surface area contributed by atoms with Gasteiger partial charge in [0.25, 0.3) is 0 Å². The Balaban J connectivity index is 2.07. The molecule has 1 aromatic heterocycles. The summed E-state index contributed by atoms with van der Waals surface area (Å²) in [5, 5.41) is 5.22. The second-order valence-corrected chi connectivity index (χ2v) is 7.38. The van der Waals surface area contributed by atoms with Crippen molar-refractivity contribution < 1.29 is 14.3 Å². The predicted molar refractivity (Wildman–Crippen MR) is 113 cm³/mol. The Bertz CT molecular complexity index is 748. The van der Waals surface area contributed by atoms with Crippen molar-refractivity contribution >= 4 is 28.3 Å². The third kappa shape index (κ3) is 6.73. The fourth-order valence-electron chi connectivity index (χ4n) is 2.97. The Morgan fingerprint density at radius 1 is 1.25 bits per heavy atom. The van der Waals surface area contributed by atoms with Gasteiger partial charge in [-0.3, -0.25) is 9.59 Å². The number of aryl methyl sites for hydroxylation is 1. The minimum Gasteiger partial charge on any atom is -0.382 e. The van der Waals surface area contributed by atoms with Gasteiger partial charge in [-0.2, -0.15) is 0 Å². The summed E-state index contributed by atoms with van der Waals surface area (Å²) in [6, 6.07) is 9.72. The molecule has 0 spiro atoms. The summed E-state index contributed by atoms with van der Waals surface area (Å²) in [4.78, 5) is 31.6. The van der Waals surface area contributed by atoms with Crippen LogP contribution in [0.3, 0.4) is 0 Å². The SMILES string of the molecule is CCOCCCN(CC(=O)Nc1nc(C)cs1)C(=O)[C@@H](CC)c1ccccc1. The van der Waals surface area contributed by atoms with Crippen molar-refractivity contribution in [2.24, 2.45) is 0 Å². The van der Waals surface area contributed by atoms with Crippen LogP contribution in [0.15, 0.2) is 35.7 Å². The number of hydrogen-bond donors (Lipinski definition) is 1. The first kappa shape index (κ1) is 22.0. The van der Waals surface area contributed by atoms with Crippen LogP contribution in [0.5, 0.6) is 0 Å². The zero-order valence-electron chi connectivity index (χ0n) is 16.8. The van der Waals surface area contributed by atoms with Crippen molar-refractivity contribution in [1.82, 2.24) is 9.88 Å². The maximum Gasteiger partial charge on any atom is 0.245 e. The van der Waals surface area contributed by atoms with Crippen LogP contribution in [0, 0.1) is 6.92 Å². The smallest absolute Gasteiger partial charge is 0.245 e. The average Bonchev–Trinajstić information content (AvgIpc) is 3.10. The lowest BCUT2D eigenvalue weighted by molar-refractivity contribution is -0.136. The summed E-state index contributed by atoms with van der Waals surface area (Å²) in [7, 11) is 0. The Morgan fingerprint density at radius 2 is 2.00 bits per heavy atom. The van der Waals surface area contributed by atoms with Gasteiger partial charge in [0.05, 0.1) is 18.2 Å². The molecule has 2 amide bonds. The molecule has 1 aromatic carbocycles. The molecule has 1 N–H and O–H groups in total. The van der Waals surface area contributed by atoms with Gasteiger partial charge in [-0.05, 0) is 32.3 Å². The number of nitrogens with one attached hydrogen (secondary N) is 1. The second-order valence-electron chi connectivity index (χ2n) is 6.52. The molecule has 152 valence electrons. The lowest BCUT2D eigenvalue weighted by atomic mass is 9.95. The van der Waals surface area contributed by atoms with Gasteiger partial charge in [-0.15, -0.1) is 11.3 Å². The largest absolute Gasteiger partial charge is 0.382 e. The van der Waals surface area contributed by atoms with Gasteiger partial charge in [0.2, 0.25) is 11.8 Å². The van der Waals surface area contributed by atoms with Crippen molar-refractivity contribution in [3.05, 3.63) is 47.0 Å². The van der Waals surface area contributed by atoms with E-state index >= 15 is 0 Å². The molecule has 0 radical (unpaired) electrons. The van der Waals surface area contributed by atoms with E-state index < -0.39 is 0 Å². The summed E-state index contributed by atoms with van der Waals surface area (Å²) in [5.74, 6) is -0.527. The van der Waals surface area contributed by atoms with Gasteiger partial charge in [0, 0.05) is 25.1 Å². The minimum absolute atomic E-state index is 0.00686. The van der Waals surface area contributed by atoms with E-state index in [-0.39, 0.29) is 24.3 Å². The highest BCUT2D eigenvalue weighted by atomic mass is 32.1. The zero-order valence-corrected chi connectivity index (χ0v) is 17.6. The molecule has 0 saturated heterocycles. The van der Waals surface area contributed by atoms with E-state index in [1.54, 1.807) is 4.90 Å². The molecule has 28 heavy (non-hydrogen) atoms. The number of amides is 2. The van der Waals surface area contributed by atoms with Crippen LogP contribution < -0.4 is 5.32 Å². The van der Waals surface area contributed by atoms with Gasteiger partial charge in [-0.25, -0.2) is 4.98 Å². The Labute approximate surface area is 170 Å². The molecule has 0 bridgehead atoms. The third-order valence-corrected chi connectivity index (χ3v) is 5.22. The first-order chi connectivity index (χ1) is 13.5. The number of thiazole rings is 1. The van der Waals surface area contributed by atoms with E-state index in [0.29, 0.717) is 37.7 Å². The average molecular weight is 404 g/mol. The van der Waals surface area contributed by atoms with E-state index in [9.17, 15) is 9.59 Å². The van der Waals surface area contributed by atoms with E-state index in [1.807, 2.05) is 56.5 Å². The van der Waals surface area contributed by atoms with Crippen LogP contribution >= 0.6 is 11.3 Å². The van der Waals surface area contributed by atoms with Crippen molar-refractivity contribution in [3.63, 3.8) is 0 Å². The first-order valence-electron chi connectivity index (χ1n) is 9.68. The van der Waals surface area contributed by atoms with Crippen molar-refractivity contribution in [1.29, 1.82) is 0 Å². The Hall–Kier alpha value is -2.25. The van der Waals surface area contributed by atoms with Crippen LogP contribution in [0.1, 0.15) is 43.9 Å². The highest BCUT2D eigenvalue weighted by Crippen LogP contribution is 2.22. The molecule has 2 rings (SSSR count). The predicted octanol–water partition coefficient (Wildman–Crippen LogP) is 3.84. The van der Waals surface area contributed by atoms with E-state index in [1.165, 1.54) is 11.3 Å². The lowest BCUT2D eigenvalue weighted by Gasteiger charge is -2.26. The molecule has 0 saturated carbocycles. The van der Waals surface area contributed by atoms with Crippen LogP contribution in [0.25, 0.3) is 0 Å². The van der Waals surface area contributed by atoms with Gasteiger partial charge in [0.1, 0.15) is 0 Å². The number of carbonyl (C=O) groups excluding carboxylic acids is 2. The lowest BCUT2D eigenvalue weighted by Crippen LogP contribution is -2.41. The Morgan fingerprint density at radius 3 is 2.61 bits per heavy atom. The number of ether oxygens (including phenoxy) is 1. The molecule has 0 aliphatic carbocycles. The topological polar surface area (TPSA) is 71.5 Å². The highest BCUT2D eigenvalue weighted by Gasteiger charge is 2.26. The monoisotopic (exact) mass is 403 g/mol. The molecule has 6 nitrogen and oxygen atoms in total. The summed E-state index contributed by atoms with van der Waals surface area (Å²) in [6.07, 6.45) is 1.37. The second kappa shape index (κ2) is 11.6. The molecule has 0 fully saturated rings. The fraction of sp³-hybridized carbons (Fsp3) is 0.476. The number of aromatic nitrogens is 1. The summed E-state index contributed by atoms with van der Waals surface area (Å²) < 4.78 is 5.39. The van der Waals surface area contributed by atoms with Crippen molar-refractivity contribution in [2.45, 2.75) is 39.5 Å². The molecular formula is C21H29N3O3S. The minimum atomic E-state index is -0.261. The van der Waals surface area contributed by atoms with E-state index in [4.69, 9.17) is 4.74 Å². The molecular weight excluding hydrogens is 374 g/mol. The standard InChI is InChI=1S/C21H29N3O3S/c1-4-18(17-10-7-6-8-11-17)20(26)24(12-9-13-27-5-2)14-19(25)23-21-22-16(3)15-28-21/h6-8,10-11,15,18H,4-5,9,12-14H2,1-3H3,(H,22,23,25)/t18-/m0/s1. The number of anilines is 1. The van der Waals surface area contributed by atoms with E-state index in [0.717, 1.165) is 11.3 Å². The Kier molecular flexibility index (Phi) is 9.10. The first-order valence-corrected chi connectivity index (χ1v) is 10.6. The number of hydrogen-bond acceptors (Lipinski definition) is 5. The van der Waals surface area contributed by atoms with Crippen molar-refractivity contribution in [3.8, 4) is 0 Å². The highest BCUT2D eigenvalue weighted by molar-refractivity contribution is 7.13. The third-order valence-electron chi connectivity index (χ3n) is 4.34. The van der Waals surface area contributed by atoms with Crippen LogP contribution in [-0.4, -0.2) is 48.0 Å². The van der Waals surface area contributed by atoms with Crippen LogP contribution in [-0.2, 0) is 14.3 Å². The zero-order chi connectivity index (χ0) is 20.4. The van der Waals surface area contributed by atoms with Gasteiger partial charge < -0.3 is 15.0 Å². The fourth-order valence-corrected chi connectivity index (χ4v) is 3.68. The summed E-state index contributed by atoms with van der Waals surface area (Å²) in [5.41, 5.74) is 1.83. The van der Waals surface area contributed by atoms with Gasteiger partial charge >= 0.3 is 0 Å². The summed E-state index contributed by atoms with van der Waals surface area (Å²) in [6.45, 7) is 7.50. The molecule has 1 atom stereocenters. The van der Waals surface area contributed by atoms with Crippen LogP contribution in [0.2, 0.25) is 0 Å². The quantitative estimate of drug-likeness (QED) is 0.579. The van der Waals surface area contributed by atoms with Gasteiger partial charge in [0.15, 0.2) is 5.13 Å². The van der Waals surface area contributed by atoms with Crippen LogP contribution in [0.4, 0.5) is 5.13 Å². The maximum atomic E-state index is 13.2. The van der Waals surface area contributed by atoms with Crippen molar-refractivity contribution in [2.75, 3.05) is 31.6 Å². The molecule has 7 heteroatoms. The summed E-state index contributed by atoms with van der Waals surface area (Å²) >= 11 is 1.38.